The van der Waals surface area contributed by atoms with Gasteiger partial charge in [-0.1, -0.05) is 15.9 Å². The number of carbonyl (C=O) groups is 2. The van der Waals surface area contributed by atoms with E-state index in [0.717, 1.165) is 36.8 Å². The van der Waals surface area contributed by atoms with Crippen molar-refractivity contribution in [2.24, 2.45) is 5.92 Å². The van der Waals surface area contributed by atoms with E-state index >= 15 is 0 Å². The van der Waals surface area contributed by atoms with Crippen molar-refractivity contribution in [3.8, 4) is 0 Å². The molecule has 2 aliphatic heterocycles. The summed E-state index contributed by atoms with van der Waals surface area (Å²) in [7, 11) is 2.16. The molecule has 0 saturated carbocycles. The number of nitrogens with one attached hydrogen (secondary N) is 1. The second kappa shape index (κ2) is 9.00. The van der Waals surface area contributed by atoms with Crippen molar-refractivity contribution in [2.75, 3.05) is 33.2 Å². The zero-order chi connectivity index (χ0) is 18.5. The molecule has 0 spiro atoms. The SMILES string of the molecule is CN1CCC(CCNC(=O)C2CCCN2C(=O)c2ccc(Br)cc2)CC1. The second-order valence-electron chi connectivity index (χ2n) is 7.49. The van der Waals surface area contributed by atoms with E-state index in [9.17, 15) is 9.59 Å². The molecular formula is C20H28BrN3O2. The number of rotatable bonds is 5. The van der Waals surface area contributed by atoms with Gasteiger partial charge in [0.1, 0.15) is 6.04 Å². The molecule has 0 bridgehead atoms. The van der Waals surface area contributed by atoms with Crippen LogP contribution in [-0.4, -0.2) is 60.9 Å². The van der Waals surface area contributed by atoms with Crippen molar-refractivity contribution >= 4 is 27.7 Å². The second-order valence-corrected chi connectivity index (χ2v) is 8.41. The molecule has 0 aromatic heterocycles. The first-order valence-electron chi connectivity index (χ1n) is 9.57. The minimum Gasteiger partial charge on any atom is -0.354 e. The molecule has 0 radical (unpaired) electrons. The highest BCUT2D eigenvalue weighted by atomic mass is 79.9. The fourth-order valence-corrected chi connectivity index (χ4v) is 4.17. The Balaban J connectivity index is 1.50. The van der Waals surface area contributed by atoms with Crippen molar-refractivity contribution in [3.05, 3.63) is 34.3 Å². The molecule has 2 saturated heterocycles. The molecule has 1 unspecified atom stereocenters. The van der Waals surface area contributed by atoms with Gasteiger partial charge in [0, 0.05) is 23.1 Å². The van der Waals surface area contributed by atoms with E-state index in [2.05, 4.69) is 33.2 Å². The molecule has 1 aromatic carbocycles. The largest absolute Gasteiger partial charge is 0.354 e. The Bertz CT molecular complexity index is 626. The first kappa shape index (κ1) is 19.4. The number of likely N-dealkylation sites (tertiary alicyclic amines) is 2. The Morgan fingerprint density at radius 3 is 2.50 bits per heavy atom. The van der Waals surface area contributed by atoms with Gasteiger partial charge in [-0.3, -0.25) is 9.59 Å². The Labute approximate surface area is 164 Å². The Morgan fingerprint density at radius 2 is 1.81 bits per heavy atom. The molecule has 2 aliphatic rings. The summed E-state index contributed by atoms with van der Waals surface area (Å²) in [5.41, 5.74) is 0.638. The molecule has 0 aliphatic carbocycles. The molecule has 1 atom stereocenters. The smallest absolute Gasteiger partial charge is 0.254 e. The Morgan fingerprint density at radius 1 is 1.12 bits per heavy atom. The fraction of sp³-hybridized carbons (Fsp3) is 0.600. The van der Waals surface area contributed by atoms with Crippen molar-refractivity contribution in [1.82, 2.24) is 15.1 Å². The molecule has 26 heavy (non-hydrogen) atoms. The molecule has 2 amide bonds. The van der Waals surface area contributed by atoms with E-state index < -0.39 is 0 Å². The Kier molecular flexibility index (Phi) is 6.70. The highest BCUT2D eigenvalue weighted by molar-refractivity contribution is 9.10. The average molecular weight is 422 g/mol. The van der Waals surface area contributed by atoms with Crippen LogP contribution in [0.5, 0.6) is 0 Å². The minimum atomic E-state index is -0.330. The third-order valence-corrected chi connectivity index (χ3v) is 6.13. The number of hydrogen-bond acceptors (Lipinski definition) is 3. The summed E-state index contributed by atoms with van der Waals surface area (Å²) in [5.74, 6) is 0.655. The summed E-state index contributed by atoms with van der Waals surface area (Å²) in [4.78, 5) is 29.5. The molecule has 3 rings (SSSR count). The summed E-state index contributed by atoms with van der Waals surface area (Å²) in [6, 6.07) is 7.00. The number of piperidine rings is 1. The van der Waals surface area contributed by atoms with Crippen LogP contribution in [0, 0.1) is 5.92 Å². The van der Waals surface area contributed by atoms with Crippen molar-refractivity contribution in [3.63, 3.8) is 0 Å². The normalized spacial score (nSPS) is 21.8. The monoisotopic (exact) mass is 421 g/mol. The predicted octanol–water partition coefficient (Wildman–Crippen LogP) is 2.90. The summed E-state index contributed by atoms with van der Waals surface area (Å²) in [6.45, 7) is 3.67. The lowest BCUT2D eigenvalue weighted by atomic mass is 9.94. The fourth-order valence-electron chi connectivity index (χ4n) is 3.91. The van der Waals surface area contributed by atoms with Crippen LogP contribution in [-0.2, 0) is 4.79 Å². The zero-order valence-electron chi connectivity index (χ0n) is 15.4. The van der Waals surface area contributed by atoms with Crippen molar-refractivity contribution < 1.29 is 9.59 Å². The van der Waals surface area contributed by atoms with E-state index in [1.807, 2.05) is 12.1 Å². The van der Waals surface area contributed by atoms with E-state index in [0.29, 0.717) is 24.6 Å². The molecule has 142 valence electrons. The van der Waals surface area contributed by atoms with Gasteiger partial charge in [-0.2, -0.15) is 0 Å². The van der Waals surface area contributed by atoms with Gasteiger partial charge in [0.15, 0.2) is 0 Å². The lowest BCUT2D eigenvalue weighted by Crippen LogP contribution is -2.46. The van der Waals surface area contributed by atoms with Crippen molar-refractivity contribution in [1.29, 1.82) is 0 Å². The van der Waals surface area contributed by atoms with Crippen LogP contribution in [0.2, 0.25) is 0 Å². The third kappa shape index (κ3) is 4.86. The molecule has 1 N–H and O–H groups in total. The summed E-state index contributed by atoms with van der Waals surface area (Å²) >= 11 is 3.39. The predicted molar refractivity (Wildman–Crippen MR) is 106 cm³/mol. The maximum absolute atomic E-state index is 12.8. The van der Waals surface area contributed by atoms with Crippen LogP contribution >= 0.6 is 15.9 Å². The lowest BCUT2D eigenvalue weighted by Gasteiger charge is -2.29. The van der Waals surface area contributed by atoms with E-state index in [-0.39, 0.29) is 17.9 Å². The number of amides is 2. The summed E-state index contributed by atoms with van der Waals surface area (Å²) in [5, 5.41) is 3.07. The molecule has 1 aromatic rings. The minimum absolute atomic E-state index is 0.000823. The average Bonchev–Trinajstić information content (AvgIpc) is 3.13. The first-order valence-corrected chi connectivity index (χ1v) is 10.4. The standard InChI is InChI=1S/C20H28BrN3O2/c1-23-13-9-15(10-14-23)8-11-22-19(25)18-3-2-12-24(18)20(26)16-4-6-17(21)7-5-16/h4-7,15,18H,2-3,8-14H2,1H3,(H,22,25). The molecule has 5 nitrogen and oxygen atoms in total. The topological polar surface area (TPSA) is 52.7 Å². The van der Waals surface area contributed by atoms with Gasteiger partial charge in [-0.25, -0.2) is 0 Å². The van der Waals surface area contributed by atoms with Crippen LogP contribution in [0.4, 0.5) is 0 Å². The molecular weight excluding hydrogens is 394 g/mol. The zero-order valence-corrected chi connectivity index (χ0v) is 17.0. The van der Waals surface area contributed by atoms with Gasteiger partial charge >= 0.3 is 0 Å². The van der Waals surface area contributed by atoms with Gasteiger partial charge in [0.05, 0.1) is 0 Å². The highest BCUT2D eigenvalue weighted by Gasteiger charge is 2.34. The van der Waals surface area contributed by atoms with Gasteiger partial charge in [0.25, 0.3) is 5.91 Å². The van der Waals surface area contributed by atoms with Crippen LogP contribution in [0.3, 0.4) is 0 Å². The Hall–Kier alpha value is -1.40. The number of nitrogens with zero attached hydrogens (tertiary/aromatic N) is 2. The summed E-state index contributed by atoms with van der Waals surface area (Å²) in [6.07, 6.45) is 5.10. The van der Waals surface area contributed by atoms with Crippen LogP contribution in [0.1, 0.15) is 42.5 Å². The number of benzene rings is 1. The van der Waals surface area contributed by atoms with E-state index in [1.54, 1.807) is 17.0 Å². The van der Waals surface area contributed by atoms with Crippen LogP contribution in [0.15, 0.2) is 28.7 Å². The molecule has 2 heterocycles. The van der Waals surface area contributed by atoms with Gasteiger partial charge in [0.2, 0.25) is 5.91 Å². The van der Waals surface area contributed by atoms with Gasteiger partial charge < -0.3 is 15.1 Å². The number of hydrogen-bond donors (Lipinski definition) is 1. The van der Waals surface area contributed by atoms with Crippen molar-refractivity contribution in [2.45, 2.75) is 38.1 Å². The van der Waals surface area contributed by atoms with Gasteiger partial charge in [-0.15, -0.1) is 0 Å². The van der Waals surface area contributed by atoms with Crippen LogP contribution in [0.25, 0.3) is 0 Å². The highest BCUT2D eigenvalue weighted by Crippen LogP contribution is 2.22. The maximum atomic E-state index is 12.8. The summed E-state index contributed by atoms with van der Waals surface area (Å²) < 4.78 is 0.943. The number of carbonyl (C=O) groups excluding carboxylic acids is 2. The first-order chi connectivity index (χ1) is 12.5. The molecule has 6 heteroatoms. The maximum Gasteiger partial charge on any atom is 0.254 e. The molecule has 2 fully saturated rings. The van der Waals surface area contributed by atoms with Gasteiger partial charge in [-0.05, 0) is 82.4 Å². The quantitative estimate of drug-likeness (QED) is 0.794. The third-order valence-electron chi connectivity index (χ3n) is 5.60. The lowest BCUT2D eigenvalue weighted by molar-refractivity contribution is -0.124. The number of halogens is 1. The van der Waals surface area contributed by atoms with Crippen LogP contribution < -0.4 is 5.32 Å². The van der Waals surface area contributed by atoms with E-state index in [1.165, 1.54) is 12.8 Å². The van der Waals surface area contributed by atoms with E-state index in [4.69, 9.17) is 0 Å².